The van der Waals surface area contributed by atoms with Crippen molar-refractivity contribution in [2.24, 2.45) is 5.92 Å². The molecule has 0 bridgehead atoms. The van der Waals surface area contributed by atoms with Crippen LogP contribution in [0.25, 0.3) is 0 Å². The Labute approximate surface area is 132 Å². The second kappa shape index (κ2) is 10.6. The molecular weight excluding hydrogens is 262 g/mol. The Hall–Kier alpha value is -0.120. The number of methoxy groups -OCH3 is 1. The first-order chi connectivity index (χ1) is 10.2. The highest BCUT2D eigenvalue weighted by molar-refractivity contribution is 4.95. The largest absolute Gasteiger partial charge is 0.381 e. The minimum atomic E-state index is -0.0208. The van der Waals surface area contributed by atoms with Crippen molar-refractivity contribution >= 4 is 0 Å². The fraction of sp³-hybridized carbons (Fsp3) is 1.00. The smallest absolute Gasteiger partial charge is 0.0874 e. The molecule has 3 heteroatoms. The second-order valence-electron chi connectivity index (χ2n) is 6.54. The molecule has 1 heterocycles. The van der Waals surface area contributed by atoms with E-state index in [1.807, 2.05) is 7.11 Å². The molecule has 21 heavy (non-hydrogen) atoms. The molecule has 1 saturated heterocycles. The molecule has 0 spiro atoms. The molecule has 0 aromatic carbocycles. The van der Waals surface area contributed by atoms with Crippen molar-refractivity contribution in [3.8, 4) is 0 Å². The highest BCUT2D eigenvalue weighted by Crippen LogP contribution is 2.33. The standard InChI is InChI=1S/C18H37NO2/c1-5-8-9-16(7-3)15-17(19-12-6-2)18(20-4)10-13-21-14-11-18/h16-17,19H,5-15H2,1-4H3. The molecule has 3 nitrogen and oxygen atoms in total. The maximum absolute atomic E-state index is 6.05. The van der Waals surface area contributed by atoms with E-state index < -0.39 is 0 Å². The summed E-state index contributed by atoms with van der Waals surface area (Å²) in [5.41, 5.74) is -0.0208. The fourth-order valence-electron chi connectivity index (χ4n) is 3.53. The number of rotatable bonds is 11. The van der Waals surface area contributed by atoms with Crippen LogP contribution in [-0.2, 0) is 9.47 Å². The zero-order chi connectivity index (χ0) is 15.6. The zero-order valence-electron chi connectivity index (χ0n) is 14.7. The van der Waals surface area contributed by atoms with Crippen molar-refractivity contribution in [3.63, 3.8) is 0 Å². The van der Waals surface area contributed by atoms with Crippen LogP contribution in [0.15, 0.2) is 0 Å². The van der Waals surface area contributed by atoms with Crippen LogP contribution in [-0.4, -0.2) is 38.5 Å². The molecule has 1 aliphatic rings. The van der Waals surface area contributed by atoms with E-state index in [2.05, 4.69) is 26.1 Å². The van der Waals surface area contributed by atoms with E-state index >= 15 is 0 Å². The van der Waals surface area contributed by atoms with E-state index in [1.54, 1.807) is 0 Å². The summed E-state index contributed by atoms with van der Waals surface area (Å²) in [5, 5.41) is 3.79. The Balaban J connectivity index is 2.71. The Morgan fingerprint density at radius 2 is 1.86 bits per heavy atom. The molecular formula is C18H37NO2. The Bertz CT molecular complexity index is 252. The lowest BCUT2D eigenvalue weighted by atomic mass is 9.79. The van der Waals surface area contributed by atoms with E-state index in [1.165, 1.54) is 38.5 Å². The summed E-state index contributed by atoms with van der Waals surface area (Å²) in [7, 11) is 1.89. The summed E-state index contributed by atoms with van der Waals surface area (Å²) >= 11 is 0. The molecule has 126 valence electrons. The summed E-state index contributed by atoms with van der Waals surface area (Å²) in [5.74, 6) is 0.814. The third-order valence-corrected chi connectivity index (χ3v) is 5.13. The lowest BCUT2D eigenvalue weighted by Crippen LogP contribution is -2.55. The maximum atomic E-state index is 6.05. The minimum Gasteiger partial charge on any atom is -0.381 e. The number of hydrogen-bond acceptors (Lipinski definition) is 3. The highest BCUT2D eigenvalue weighted by Gasteiger charge is 2.40. The first kappa shape index (κ1) is 18.9. The van der Waals surface area contributed by atoms with Crippen LogP contribution in [0.1, 0.15) is 72.1 Å². The van der Waals surface area contributed by atoms with Gasteiger partial charge >= 0.3 is 0 Å². The van der Waals surface area contributed by atoms with Crippen LogP contribution in [0, 0.1) is 5.92 Å². The van der Waals surface area contributed by atoms with Gasteiger partial charge in [0.25, 0.3) is 0 Å². The minimum absolute atomic E-state index is 0.0208. The Morgan fingerprint density at radius 3 is 2.38 bits per heavy atom. The highest BCUT2D eigenvalue weighted by atomic mass is 16.5. The van der Waals surface area contributed by atoms with Crippen molar-refractivity contribution in [3.05, 3.63) is 0 Å². The van der Waals surface area contributed by atoms with Gasteiger partial charge in [0, 0.05) is 39.2 Å². The van der Waals surface area contributed by atoms with Crippen LogP contribution < -0.4 is 5.32 Å². The first-order valence-corrected chi connectivity index (χ1v) is 9.08. The van der Waals surface area contributed by atoms with Gasteiger partial charge < -0.3 is 14.8 Å². The summed E-state index contributed by atoms with van der Waals surface area (Å²) in [6.07, 6.45) is 9.75. The molecule has 0 saturated carbocycles. The number of ether oxygens (including phenoxy) is 2. The topological polar surface area (TPSA) is 30.5 Å². The van der Waals surface area contributed by atoms with Crippen LogP contribution in [0.4, 0.5) is 0 Å². The van der Waals surface area contributed by atoms with Crippen LogP contribution in [0.5, 0.6) is 0 Å². The van der Waals surface area contributed by atoms with Crippen LogP contribution >= 0.6 is 0 Å². The van der Waals surface area contributed by atoms with Gasteiger partial charge in [-0.2, -0.15) is 0 Å². The lowest BCUT2D eigenvalue weighted by Gasteiger charge is -2.44. The normalized spacial score (nSPS) is 21.1. The monoisotopic (exact) mass is 299 g/mol. The molecule has 1 rings (SSSR count). The lowest BCUT2D eigenvalue weighted by molar-refractivity contribution is -0.114. The van der Waals surface area contributed by atoms with Gasteiger partial charge in [0.05, 0.1) is 5.60 Å². The SMILES string of the molecule is CCCCC(CC)CC(NCCC)C1(OC)CCOCC1. The predicted molar refractivity (Wildman–Crippen MR) is 89.8 cm³/mol. The molecule has 1 N–H and O–H groups in total. The predicted octanol–water partition coefficient (Wildman–Crippen LogP) is 4.16. The molecule has 0 amide bonds. The molecule has 0 aromatic heterocycles. The van der Waals surface area contributed by atoms with Gasteiger partial charge in [-0.15, -0.1) is 0 Å². The van der Waals surface area contributed by atoms with Gasteiger partial charge in [0.2, 0.25) is 0 Å². The van der Waals surface area contributed by atoms with Crippen molar-refractivity contribution in [2.75, 3.05) is 26.9 Å². The van der Waals surface area contributed by atoms with Crippen LogP contribution in [0.3, 0.4) is 0 Å². The van der Waals surface area contributed by atoms with E-state index in [9.17, 15) is 0 Å². The van der Waals surface area contributed by atoms with Gasteiger partial charge in [0.15, 0.2) is 0 Å². The molecule has 1 aliphatic heterocycles. The van der Waals surface area contributed by atoms with Gasteiger partial charge in [-0.25, -0.2) is 0 Å². The van der Waals surface area contributed by atoms with Gasteiger partial charge in [0.1, 0.15) is 0 Å². The van der Waals surface area contributed by atoms with Gasteiger partial charge in [-0.3, -0.25) is 0 Å². The van der Waals surface area contributed by atoms with Crippen LogP contribution in [0.2, 0.25) is 0 Å². The molecule has 2 atom stereocenters. The van der Waals surface area contributed by atoms with Crippen molar-refractivity contribution < 1.29 is 9.47 Å². The Morgan fingerprint density at radius 1 is 1.14 bits per heavy atom. The summed E-state index contributed by atoms with van der Waals surface area (Å²) < 4.78 is 11.6. The number of unbranched alkanes of at least 4 members (excludes halogenated alkanes) is 1. The average molecular weight is 299 g/mol. The van der Waals surface area contributed by atoms with E-state index in [4.69, 9.17) is 9.47 Å². The van der Waals surface area contributed by atoms with Gasteiger partial charge in [-0.05, 0) is 25.3 Å². The van der Waals surface area contributed by atoms with Crippen molar-refractivity contribution in [1.29, 1.82) is 0 Å². The Kier molecular flexibility index (Phi) is 9.54. The van der Waals surface area contributed by atoms with Crippen molar-refractivity contribution in [1.82, 2.24) is 5.32 Å². The van der Waals surface area contributed by atoms with Crippen molar-refractivity contribution in [2.45, 2.75) is 83.8 Å². The molecule has 1 fully saturated rings. The zero-order valence-corrected chi connectivity index (χ0v) is 14.7. The number of nitrogens with one attached hydrogen (secondary N) is 1. The quantitative estimate of drug-likeness (QED) is 0.621. The van der Waals surface area contributed by atoms with E-state index in [0.29, 0.717) is 6.04 Å². The summed E-state index contributed by atoms with van der Waals surface area (Å²) in [4.78, 5) is 0. The van der Waals surface area contributed by atoms with E-state index in [0.717, 1.165) is 38.5 Å². The third-order valence-electron chi connectivity index (χ3n) is 5.13. The second-order valence-corrected chi connectivity index (χ2v) is 6.54. The molecule has 0 radical (unpaired) electrons. The number of hydrogen-bond donors (Lipinski definition) is 1. The van der Waals surface area contributed by atoms with E-state index in [-0.39, 0.29) is 5.60 Å². The molecule has 0 aromatic rings. The first-order valence-electron chi connectivity index (χ1n) is 9.08. The van der Waals surface area contributed by atoms with Gasteiger partial charge in [-0.1, -0.05) is 46.5 Å². The summed E-state index contributed by atoms with van der Waals surface area (Å²) in [6, 6.07) is 0.466. The summed E-state index contributed by atoms with van der Waals surface area (Å²) in [6.45, 7) is 9.62. The maximum Gasteiger partial charge on any atom is 0.0874 e. The average Bonchev–Trinajstić information content (AvgIpc) is 2.55. The fourth-order valence-corrected chi connectivity index (χ4v) is 3.53. The molecule has 0 aliphatic carbocycles. The molecule has 2 unspecified atom stereocenters. The third kappa shape index (κ3) is 5.88.